The molecule has 0 aliphatic rings. The summed E-state index contributed by atoms with van der Waals surface area (Å²) in [6.07, 6.45) is 2.41. The second-order valence-electron chi connectivity index (χ2n) is 8.99. The number of furan rings is 1. The molecule has 1 atom stereocenters. The maximum Gasteiger partial charge on any atom is 0.282 e. The Bertz CT molecular complexity index is 1790. The fraction of sp³-hybridized carbons (Fsp3) is 0.233. The van der Waals surface area contributed by atoms with Crippen molar-refractivity contribution in [2.45, 2.75) is 33.3 Å². The molecule has 0 aliphatic heterocycles. The maximum absolute atomic E-state index is 13.7. The molecule has 0 saturated heterocycles. The molecule has 0 aliphatic carbocycles. The van der Waals surface area contributed by atoms with Gasteiger partial charge in [0.25, 0.3) is 5.56 Å². The third kappa shape index (κ3) is 5.25. The molecule has 3 aromatic carbocycles. The van der Waals surface area contributed by atoms with Gasteiger partial charge in [0.1, 0.15) is 11.3 Å². The fourth-order valence-electron chi connectivity index (χ4n) is 4.19. The number of benzene rings is 3. The maximum atomic E-state index is 13.7. The molecule has 5 aromatic rings. The summed E-state index contributed by atoms with van der Waals surface area (Å²) >= 11 is 7.30. The number of halogens is 2. The summed E-state index contributed by atoms with van der Waals surface area (Å²) in [5.74, 6) is 2.46. The van der Waals surface area contributed by atoms with Crippen LogP contribution in [0.25, 0.3) is 33.5 Å². The summed E-state index contributed by atoms with van der Waals surface area (Å²) in [7, 11) is 1.60. The molecule has 206 valence electrons. The first kappa shape index (κ1) is 27.9. The standard InChI is InChI=1S/C30H27Br2N3O5/c1-5-17(3)39-28-24(38-6-2)14-18(26(31)27(28)32)16-33-35-29(34-21-11-8-7-10-19(21)30(35)36)25-15-20-22(37-4)12-9-13-23(20)40-25/h7-17H,5-6H2,1-4H3/t17-/m1/s1. The molecule has 8 nitrogen and oxygen atoms in total. The van der Waals surface area contributed by atoms with E-state index in [1.165, 1.54) is 4.68 Å². The molecular formula is C30H27Br2N3O5. The average molecular weight is 669 g/mol. The van der Waals surface area contributed by atoms with Crippen molar-refractivity contribution in [3.63, 3.8) is 0 Å². The molecule has 40 heavy (non-hydrogen) atoms. The lowest BCUT2D eigenvalue weighted by molar-refractivity contribution is 0.201. The van der Waals surface area contributed by atoms with E-state index >= 15 is 0 Å². The number of fused-ring (bicyclic) bond motifs is 2. The summed E-state index contributed by atoms with van der Waals surface area (Å²) in [5.41, 5.74) is 1.48. The zero-order valence-electron chi connectivity index (χ0n) is 22.4. The summed E-state index contributed by atoms with van der Waals surface area (Å²) in [4.78, 5) is 18.5. The van der Waals surface area contributed by atoms with Crippen LogP contribution in [-0.4, -0.2) is 35.7 Å². The lowest BCUT2D eigenvalue weighted by Gasteiger charge is -2.19. The molecule has 0 bridgehead atoms. The van der Waals surface area contributed by atoms with Gasteiger partial charge < -0.3 is 18.6 Å². The minimum Gasteiger partial charge on any atom is -0.496 e. The van der Waals surface area contributed by atoms with Gasteiger partial charge in [-0.15, -0.1) is 0 Å². The zero-order chi connectivity index (χ0) is 28.4. The Labute approximate surface area is 247 Å². The molecule has 0 radical (unpaired) electrons. The summed E-state index contributed by atoms with van der Waals surface area (Å²) in [5, 5.41) is 5.80. The highest BCUT2D eigenvalue weighted by Gasteiger charge is 2.20. The largest absolute Gasteiger partial charge is 0.496 e. The van der Waals surface area contributed by atoms with E-state index in [1.807, 2.05) is 44.2 Å². The SMILES string of the molecule is CCOc1cc(C=Nn2c(-c3cc4c(OC)cccc4o3)nc3ccccc3c2=O)c(Br)c(Br)c1O[C@H](C)CC. The van der Waals surface area contributed by atoms with Crippen molar-refractivity contribution in [1.29, 1.82) is 0 Å². The van der Waals surface area contributed by atoms with Crippen molar-refractivity contribution >= 4 is 59.9 Å². The van der Waals surface area contributed by atoms with E-state index in [0.717, 1.165) is 11.8 Å². The first-order valence-corrected chi connectivity index (χ1v) is 14.4. The quantitative estimate of drug-likeness (QED) is 0.149. The normalized spacial score (nSPS) is 12.3. The Balaban J connectivity index is 1.68. The van der Waals surface area contributed by atoms with E-state index < -0.39 is 0 Å². The predicted octanol–water partition coefficient (Wildman–Crippen LogP) is 7.80. The number of para-hydroxylation sites is 1. The highest BCUT2D eigenvalue weighted by Crippen LogP contribution is 2.43. The van der Waals surface area contributed by atoms with E-state index in [1.54, 1.807) is 37.6 Å². The Morgan fingerprint density at radius 3 is 2.60 bits per heavy atom. The summed E-state index contributed by atoms with van der Waals surface area (Å²) in [6, 6.07) is 16.3. The molecule has 5 rings (SSSR count). The molecule has 2 aromatic heterocycles. The van der Waals surface area contributed by atoms with Crippen molar-refractivity contribution in [2.75, 3.05) is 13.7 Å². The van der Waals surface area contributed by atoms with E-state index in [4.69, 9.17) is 23.6 Å². The molecule has 0 unspecified atom stereocenters. The molecule has 0 saturated carbocycles. The molecule has 10 heteroatoms. The molecule has 0 amide bonds. The Morgan fingerprint density at radius 1 is 1.05 bits per heavy atom. The first-order chi connectivity index (χ1) is 19.4. The first-order valence-electron chi connectivity index (χ1n) is 12.8. The van der Waals surface area contributed by atoms with Crippen molar-refractivity contribution in [3.8, 4) is 28.8 Å². The molecule has 0 fully saturated rings. The van der Waals surface area contributed by atoms with E-state index in [-0.39, 0.29) is 17.5 Å². The van der Waals surface area contributed by atoms with E-state index in [9.17, 15) is 4.79 Å². The number of hydrogen-bond donors (Lipinski definition) is 0. The van der Waals surface area contributed by atoms with Crippen LogP contribution < -0.4 is 19.8 Å². The third-order valence-electron chi connectivity index (χ3n) is 6.38. The van der Waals surface area contributed by atoms with Crippen molar-refractivity contribution in [1.82, 2.24) is 9.66 Å². The van der Waals surface area contributed by atoms with Crippen LogP contribution in [0.2, 0.25) is 0 Å². The topological polar surface area (TPSA) is 88.1 Å². The van der Waals surface area contributed by atoms with Crippen LogP contribution in [0, 0.1) is 0 Å². The Kier molecular flexibility index (Phi) is 8.27. The smallest absolute Gasteiger partial charge is 0.282 e. The summed E-state index contributed by atoms with van der Waals surface area (Å²) < 4.78 is 26.3. The van der Waals surface area contributed by atoms with Crippen LogP contribution in [-0.2, 0) is 0 Å². The number of rotatable bonds is 9. The van der Waals surface area contributed by atoms with Gasteiger partial charge >= 0.3 is 0 Å². The third-order valence-corrected chi connectivity index (χ3v) is 8.52. The number of aromatic nitrogens is 2. The highest BCUT2D eigenvalue weighted by atomic mass is 79.9. The fourth-order valence-corrected chi connectivity index (χ4v) is 5.10. The van der Waals surface area contributed by atoms with Crippen LogP contribution >= 0.6 is 31.9 Å². The van der Waals surface area contributed by atoms with E-state index in [0.29, 0.717) is 60.6 Å². The highest BCUT2D eigenvalue weighted by molar-refractivity contribution is 9.13. The number of nitrogens with zero attached hydrogens (tertiary/aromatic N) is 3. The van der Waals surface area contributed by atoms with Crippen LogP contribution in [0.4, 0.5) is 0 Å². The van der Waals surface area contributed by atoms with Gasteiger partial charge in [0.15, 0.2) is 17.3 Å². The minimum atomic E-state index is -0.332. The number of methoxy groups -OCH3 is 1. The second kappa shape index (κ2) is 11.9. The van der Waals surface area contributed by atoms with Crippen LogP contribution in [0.3, 0.4) is 0 Å². The van der Waals surface area contributed by atoms with Crippen LogP contribution in [0.15, 0.2) is 77.9 Å². The van der Waals surface area contributed by atoms with Crippen molar-refractivity contribution < 1.29 is 18.6 Å². The lowest BCUT2D eigenvalue weighted by Crippen LogP contribution is -2.20. The predicted molar refractivity (Wildman–Crippen MR) is 164 cm³/mol. The van der Waals surface area contributed by atoms with Gasteiger partial charge in [-0.3, -0.25) is 4.79 Å². The van der Waals surface area contributed by atoms with Gasteiger partial charge in [-0.1, -0.05) is 25.1 Å². The van der Waals surface area contributed by atoms with E-state index in [2.05, 4.69) is 43.9 Å². The van der Waals surface area contributed by atoms with Gasteiger partial charge in [-0.05, 0) is 88.5 Å². The van der Waals surface area contributed by atoms with Gasteiger partial charge in [0.2, 0.25) is 5.82 Å². The number of ether oxygens (including phenoxy) is 3. The second-order valence-corrected chi connectivity index (χ2v) is 10.6. The van der Waals surface area contributed by atoms with Crippen LogP contribution in [0.5, 0.6) is 17.2 Å². The van der Waals surface area contributed by atoms with Crippen molar-refractivity contribution in [3.05, 3.63) is 79.5 Å². The summed E-state index contributed by atoms with van der Waals surface area (Å²) in [6.45, 7) is 6.42. The van der Waals surface area contributed by atoms with Gasteiger partial charge in [-0.25, -0.2) is 4.98 Å². The van der Waals surface area contributed by atoms with Gasteiger partial charge in [0.05, 0.1) is 46.8 Å². The minimum absolute atomic E-state index is 0.00540. The molecule has 0 N–H and O–H groups in total. The zero-order valence-corrected chi connectivity index (χ0v) is 25.6. The molecule has 2 heterocycles. The Morgan fingerprint density at radius 2 is 1.85 bits per heavy atom. The monoisotopic (exact) mass is 667 g/mol. The Hall–Kier alpha value is -3.63. The molecular weight excluding hydrogens is 642 g/mol. The average Bonchev–Trinajstić information content (AvgIpc) is 3.41. The van der Waals surface area contributed by atoms with Gasteiger partial charge in [0, 0.05) is 10.0 Å². The van der Waals surface area contributed by atoms with Crippen molar-refractivity contribution in [2.24, 2.45) is 5.10 Å². The number of hydrogen-bond acceptors (Lipinski definition) is 7. The lowest BCUT2D eigenvalue weighted by atomic mass is 10.2. The molecule has 0 spiro atoms. The van der Waals surface area contributed by atoms with Crippen LogP contribution in [0.1, 0.15) is 32.8 Å². The van der Waals surface area contributed by atoms with Gasteiger partial charge in [-0.2, -0.15) is 9.78 Å².